The highest BCUT2D eigenvalue weighted by atomic mass is 16.3. The minimum absolute atomic E-state index is 0.154. The van der Waals surface area contributed by atoms with Crippen molar-refractivity contribution in [2.75, 3.05) is 0 Å². The zero-order chi connectivity index (χ0) is 9.30. The molecular weight excluding hydrogens is 148 g/mol. The van der Waals surface area contributed by atoms with E-state index in [1.807, 2.05) is 6.92 Å². The molecule has 1 saturated carbocycles. The standard InChI is InChI=1S/C11H20O/c1-7(2)10-6-8(3)5-9(4)11(10)12/h8-12H,1,5-6H2,2-4H3. The fourth-order valence-corrected chi connectivity index (χ4v) is 2.33. The molecule has 0 aromatic carbocycles. The second-order valence-electron chi connectivity index (χ2n) is 4.50. The molecule has 0 saturated heterocycles. The van der Waals surface area contributed by atoms with Gasteiger partial charge in [-0.15, -0.1) is 0 Å². The maximum atomic E-state index is 9.86. The molecule has 0 radical (unpaired) electrons. The Morgan fingerprint density at radius 2 is 1.92 bits per heavy atom. The molecule has 1 nitrogen and oxygen atoms in total. The Kier molecular flexibility index (Phi) is 2.94. The van der Waals surface area contributed by atoms with Crippen molar-refractivity contribution in [3.8, 4) is 0 Å². The molecule has 4 atom stereocenters. The summed E-state index contributed by atoms with van der Waals surface area (Å²) < 4.78 is 0. The van der Waals surface area contributed by atoms with Crippen molar-refractivity contribution >= 4 is 0 Å². The van der Waals surface area contributed by atoms with Gasteiger partial charge in [-0.2, -0.15) is 0 Å². The minimum atomic E-state index is -0.154. The van der Waals surface area contributed by atoms with E-state index in [-0.39, 0.29) is 6.10 Å². The zero-order valence-electron chi connectivity index (χ0n) is 8.38. The second kappa shape index (κ2) is 3.61. The van der Waals surface area contributed by atoms with E-state index in [4.69, 9.17) is 0 Å². The van der Waals surface area contributed by atoms with E-state index in [0.717, 1.165) is 24.3 Å². The first-order valence-corrected chi connectivity index (χ1v) is 4.85. The first-order chi connectivity index (χ1) is 5.52. The predicted octanol–water partition coefficient (Wildman–Crippen LogP) is 2.61. The summed E-state index contributed by atoms with van der Waals surface area (Å²) in [7, 11) is 0. The first-order valence-electron chi connectivity index (χ1n) is 4.85. The molecule has 70 valence electrons. The maximum Gasteiger partial charge on any atom is 0.0630 e. The van der Waals surface area contributed by atoms with Crippen LogP contribution in [0.1, 0.15) is 33.6 Å². The Morgan fingerprint density at radius 3 is 2.42 bits per heavy atom. The van der Waals surface area contributed by atoms with Crippen LogP contribution in [0, 0.1) is 17.8 Å². The monoisotopic (exact) mass is 168 g/mol. The summed E-state index contributed by atoms with van der Waals surface area (Å²) >= 11 is 0. The van der Waals surface area contributed by atoms with Gasteiger partial charge < -0.3 is 5.11 Å². The van der Waals surface area contributed by atoms with E-state index in [1.54, 1.807) is 0 Å². The van der Waals surface area contributed by atoms with Crippen LogP contribution < -0.4 is 0 Å². The maximum absolute atomic E-state index is 9.86. The molecule has 0 aromatic rings. The van der Waals surface area contributed by atoms with E-state index >= 15 is 0 Å². The van der Waals surface area contributed by atoms with E-state index in [9.17, 15) is 5.11 Å². The highest BCUT2D eigenvalue weighted by Gasteiger charge is 2.32. The lowest BCUT2D eigenvalue weighted by Crippen LogP contribution is -2.35. The van der Waals surface area contributed by atoms with Crippen LogP contribution in [0.25, 0.3) is 0 Å². The lowest BCUT2D eigenvalue weighted by Gasteiger charge is -2.36. The zero-order valence-corrected chi connectivity index (χ0v) is 8.38. The lowest BCUT2D eigenvalue weighted by atomic mass is 9.72. The van der Waals surface area contributed by atoms with Gasteiger partial charge in [0.05, 0.1) is 6.10 Å². The number of rotatable bonds is 1. The number of hydrogen-bond acceptors (Lipinski definition) is 1. The summed E-state index contributed by atoms with van der Waals surface area (Å²) in [5.41, 5.74) is 1.14. The van der Waals surface area contributed by atoms with Crippen LogP contribution in [-0.4, -0.2) is 11.2 Å². The Bertz CT molecular complexity index is 174. The van der Waals surface area contributed by atoms with Gasteiger partial charge in [0.15, 0.2) is 0 Å². The summed E-state index contributed by atoms with van der Waals surface area (Å²) in [5.74, 6) is 1.52. The third-order valence-corrected chi connectivity index (χ3v) is 3.06. The van der Waals surface area contributed by atoms with Crippen molar-refractivity contribution in [3.05, 3.63) is 12.2 Å². The topological polar surface area (TPSA) is 20.2 Å². The van der Waals surface area contributed by atoms with Crippen LogP contribution in [0.5, 0.6) is 0 Å². The van der Waals surface area contributed by atoms with Gasteiger partial charge in [-0.3, -0.25) is 0 Å². The van der Waals surface area contributed by atoms with Crippen molar-refractivity contribution in [3.63, 3.8) is 0 Å². The molecule has 1 aliphatic rings. The molecule has 1 fully saturated rings. The van der Waals surface area contributed by atoms with Crippen molar-refractivity contribution in [1.29, 1.82) is 0 Å². The Morgan fingerprint density at radius 1 is 1.33 bits per heavy atom. The lowest BCUT2D eigenvalue weighted by molar-refractivity contribution is 0.0224. The van der Waals surface area contributed by atoms with Gasteiger partial charge >= 0.3 is 0 Å². The van der Waals surface area contributed by atoms with Crippen molar-refractivity contribution < 1.29 is 5.11 Å². The molecule has 0 heterocycles. The van der Waals surface area contributed by atoms with Gasteiger partial charge in [0.25, 0.3) is 0 Å². The van der Waals surface area contributed by atoms with Gasteiger partial charge in [-0.05, 0) is 31.6 Å². The molecule has 0 spiro atoms. The highest BCUT2D eigenvalue weighted by Crippen LogP contribution is 2.36. The van der Waals surface area contributed by atoms with Crippen LogP contribution in [0.15, 0.2) is 12.2 Å². The first kappa shape index (κ1) is 9.79. The molecule has 12 heavy (non-hydrogen) atoms. The van der Waals surface area contributed by atoms with Crippen LogP contribution in [0.4, 0.5) is 0 Å². The molecule has 0 aromatic heterocycles. The van der Waals surface area contributed by atoms with Crippen molar-refractivity contribution in [1.82, 2.24) is 0 Å². The minimum Gasteiger partial charge on any atom is -0.392 e. The quantitative estimate of drug-likeness (QED) is 0.597. The van der Waals surface area contributed by atoms with E-state index < -0.39 is 0 Å². The van der Waals surface area contributed by atoms with E-state index in [1.165, 1.54) is 0 Å². The fourth-order valence-electron chi connectivity index (χ4n) is 2.33. The number of aliphatic hydroxyl groups excluding tert-OH is 1. The highest BCUT2D eigenvalue weighted by molar-refractivity contribution is 5.03. The molecular formula is C11H20O. The molecule has 0 amide bonds. The van der Waals surface area contributed by atoms with Gasteiger partial charge in [0, 0.05) is 5.92 Å². The molecule has 1 N–H and O–H groups in total. The predicted molar refractivity (Wildman–Crippen MR) is 51.9 cm³/mol. The Hall–Kier alpha value is -0.300. The van der Waals surface area contributed by atoms with Crippen LogP contribution in [-0.2, 0) is 0 Å². The van der Waals surface area contributed by atoms with Crippen LogP contribution in [0.2, 0.25) is 0 Å². The second-order valence-corrected chi connectivity index (χ2v) is 4.50. The normalized spacial score (nSPS) is 42.7. The van der Waals surface area contributed by atoms with Crippen LogP contribution in [0.3, 0.4) is 0 Å². The van der Waals surface area contributed by atoms with Gasteiger partial charge in [-0.1, -0.05) is 26.0 Å². The van der Waals surface area contributed by atoms with E-state index in [2.05, 4.69) is 20.4 Å². The average Bonchev–Trinajstić information content (AvgIpc) is 1.96. The smallest absolute Gasteiger partial charge is 0.0630 e. The molecule has 4 unspecified atom stereocenters. The van der Waals surface area contributed by atoms with Crippen LogP contribution >= 0.6 is 0 Å². The van der Waals surface area contributed by atoms with Crippen molar-refractivity contribution in [2.24, 2.45) is 17.8 Å². The fraction of sp³-hybridized carbons (Fsp3) is 0.818. The summed E-state index contributed by atoms with van der Waals surface area (Å²) in [5, 5.41) is 9.86. The Labute approximate surface area is 75.5 Å². The van der Waals surface area contributed by atoms with Gasteiger partial charge in [0.2, 0.25) is 0 Å². The molecule has 1 aliphatic carbocycles. The van der Waals surface area contributed by atoms with E-state index in [0.29, 0.717) is 11.8 Å². The average molecular weight is 168 g/mol. The molecule has 0 aliphatic heterocycles. The number of aliphatic hydroxyl groups is 1. The largest absolute Gasteiger partial charge is 0.392 e. The summed E-state index contributed by atoms with van der Waals surface area (Å²) in [4.78, 5) is 0. The number of hydrogen-bond donors (Lipinski definition) is 1. The summed E-state index contributed by atoms with van der Waals surface area (Å²) in [6, 6.07) is 0. The third kappa shape index (κ3) is 1.89. The summed E-state index contributed by atoms with van der Waals surface area (Å²) in [6.07, 6.45) is 2.12. The molecule has 1 rings (SSSR count). The summed E-state index contributed by atoms with van der Waals surface area (Å²) in [6.45, 7) is 10.4. The molecule has 1 heteroatoms. The van der Waals surface area contributed by atoms with Crippen molar-refractivity contribution in [2.45, 2.75) is 39.7 Å². The van der Waals surface area contributed by atoms with Gasteiger partial charge in [0.1, 0.15) is 0 Å². The SMILES string of the molecule is C=C(C)C1CC(C)CC(C)C1O. The Balaban J connectivity index is 2.66. The van der Waals surface area contributed by atoms with Gasteiger partial charge in [-0.25, -0.2) is 0 Å². The third-order valence-electron chi connectivity index (χ3n) is 3.06. The molecule has 0 bridgehead atoms.